The molecule has 6 nitrogen and oxygen atoms in total. The Hall–Kier alpha value is -2.48. The Balaban J connectivity index is 1.57. The van der Waals surface area contributed by atoms with Gasteiger partial charge in [-0.3, -0.25) is 9.36 Å². The largest absolute Gasteiger partial charge is 0.487 e. The number of fused-ring (bicyclic) bond motifs is 1. The quantitative estimate of drug-likeness (QED) is 0.182. The third kappa shape index (κ3) is 5.86. The van der Waals surface area contributed by atoms with E-state index in [2.05, 4.69) is 50.2 Å². The predicted molar refractivity (Wildman–Crippen MR) is 170 cm³/mol. The Bertz CT molecular complexity index is 1760. The van der Waals surface area contributed by atoms with Gasteiger partial charge in [-0.25, -0.2) is 9.79 Å². The van der Waals surface area contributed by atoms with Gasteiger partial charge in [-0.1, -0.05) is 65.4 Å². The second-order valence-electron chi connectivity index (χ2n) is 8.71. The third-order valence-corrected chi connectivity index (χ3v) is 8.99. The van der Waals surface area contributed by atoms with Crippen molar-refractivity contribution in [1.29, 1.82) is 0 Å². The van der Waals surface area contributed by atoms with E-state index in [1.807, 2.05) is 60.7 Å². The smallest absolute Gasteiger partial charge is 0.338 e. The summed E-state index contributed by atoms with van der Waals surface area (Å²) in [6.07, 6.45) is 1.85. The summed E-state index contributed by atoms with van der Waals surface area (Å²) in [4.78, 5) is 31.7. The molecular weight excluding hydrogens is 762 g/mol. The average Bonchev–Trinajstić information content (AvgIpc) is 3.22. The van der Waals surface area contributed by atoms with E-state index in [-0.39, 0.29) is 5.56 Å². The number of hydrogen-bond acceptors (Lipinski definition) is 6. The normalized spacial score (nSPS) is 15.1. The van der Waals surface area contributed by atoms with Crippen molar-refractivity contribution in [1.82, 2.24) is 4.57 Å². The van der Waals surface area contributed by atoms with Crippen LogP contribution in [-0.4, -0.2) is 17.6 Å². The summed E-state index contributed by atoms with van der Waals surface area (Å²) in [5.41, 5.74) is 3.30. The summed E-state index contributed by atoms with van der Waals surface area (Å²) < 4.78 is 15.1. The van der Waals surface area contributed by atoms with Crippen LogP contribution in [0.3, 0.4) is 0 Å². The fourth-order valence-electron chi connectivity index (χ4n) is 4.33. The molecule has 0 unspecified atom stereocenters. The number of aromatic nitrogens is 1. The van der Waals surface area contributed by atoms with E-state index >= 15 is 0 Å². The van der Waals surface area contributed by atoms with Crippen molar-refractivity contribution in [2.45, 2.75) is 19.6 Å². The molecule has 4 aromatic rings. The Morgan fingerprint density at radius 3 is 2.41 bits per heavy atom. The molecule has 1 aliphatic rings. The summed E-state index contributed by atoms with van der Waals surface area (Å²) in [6, 6.07) is 20.4. The molecular formula is C29H21ClI2N2O4S. The maximum Gasteiger partial charge on any atom is 0.338 e. The molecule has 3 aromatic carbocycles. The van der Waals surface area contributed by atoms with Crippen molar-refractivity contribution in [3.05, 3.63) is 127 Å². The van der Waals surface area contributed by atoms with E-state index in [0.29, 0.717) is 32.2 Å². The van der Waals surface area contributed by atoms with Gasteiger partial charge in [0, 0.05) is 5.02 Å². The lowest BCUT2D eigenvalue weighted by molar-refractivity contribution is -0.136. The van der Waals surface area contributed by atoms with Crippen molar-refractivity contribution >= 4 is 80.2 Å². The van der Waals surface area contributed by atoms with Gasteiger partial charge in [0.05, 0.1) is 36.1 Å². The number of halogens is 3. The molecule has 0 N–H and O–H groups in total. The van der Waals surface area contributed by atoms with Crippen LogP contribution >= 0.6 is 68.1 Å². The zero-order chi connectivity index (χ0) is 27.7. The number of ether oxygens (including phenoxy) is 2. The molecule has 0 aliphatic carbocycles. The van der Waals surface area contributed by atoms with E-state index in [4.69, 9.17) is 21.1 Å². The van der Waals surface area contributed by atoms with Crippen LogP contribution in [0.15, 0.2) is 87.8 Å². The lowest BCUT2D eigenvalue weighted by atomic mass is 9.96. The molecule has 5 rings (SSSR count). The molecule has 2 heterocycles. The second kappa shape index (κ2) is 11.9. The maximum atomic E-state index is 13.8. The number of carbonyl (C=O) groups is 1. The van der Waals surface area contributed by atoms with Crippen LogP contribution in [0.2, 0.25) is 5.02 Å². The summed E-state index contributed by atoms with van der Waals surface area (Å²) >= 11 is 11.9. The Labute approximate surface area is 260 Å². The number of allylic oxidation sites excluding steroid dienone is 1. The van der Waals surface area contributed by atoms with E-state index in [9.17, 15) is 9.59 Å². The highest BCUT2D eigenvalue weighted by atomic mass is 127. The average molecular weight is 783 g/mol. The first-order valence-electron chi connectivity index (χ1n) is 11.8. The van der Waals surface area contributed by atoms with Crippen molar-refractivity contribution in [2.24, 2.45) is 4.99 Å². The Morgan fingerprint density at radius 2 is 1.77 bits per heavy atom. The van der Waals surface area contributed by atoms with Gasteiger partial charge in [0.1, 0.15) is 12.4 Å². The molecule has 0 radical (unpaired) electrons. The fraction of sp³-hybridized carbons (Fsp3) is 0.138. The number of nitrogens with zero attached hydrogens (tertiary/aromatic N) is 2. The van der Waals surface area contributed by atoms with E-state index in [0.717, 1.165) is 29.6 Å². The van der Waals surface area contributed by atoms with Crippen molar-refractivity contribution in [2.75, 3.05) is 7.11 Å². The van der Waals surface area contributed by atoms with E-state index < -0.39 is 12.0 Å². The van der Waals surface area contributed by atoms with E-state index in [1.54, 1.807) is 23.6 Å². The topological polar surface area (TPSA) is 69.9 Å². The van der Waals surface area contributed by atoms with Gasteiger partial charge < -0.3 is 9.47 Å². The molecule has 0 spiro atoms. The van der Waals surface area contributed by atoms with Crippen LogP contribution in [0.25, 0.3) is 6.08 Å². The second-order valence-corrected chi connectivity index (χ2v) is 12.5. The number of benzene rings is 3. The van der Waals surface area contributed by atoms with Gasteiger partial charge in [0.15, 0.2) is 4.80 Å². The highest BCUT2D eigenvalue weighted by Gasteiger charge is 2.33. The first-order chi connectivity index (χ1) is 18.8. The minimum absolute atomic E-state index is 0.234. The zero-order valence-corrected chi connectivity index (χ0v) is 26.7. The van der Waals surface area contributed by atoms with Crippen LogP contribution in [0.5, 0.6) is 5.75 Å². The van der Waals surface area contributed by atoms with Gasteiger partial charge in [-0.15, -0.1) is 0 Å². The minimum Gasteiger partial charge on any atom is -0.487 e. The van der Waals surface area contributed by atoms with Crippen LogP contribution < -0.4 is 19.6 Å². The lowest BCUT2D eigenvalue weighted by Crippen LogP contribution is -2.39. The minimum atomic E-state index is -0.679. The summed E-state index contributed by atoms with van der Waals surface area (Å²) in [6.45, 7) is 2.22. The number of carbonyl (C=O) groups excluding carboxylic acids is 1. The first-order valence-corrected chi connectivity index (χ1v) is 15.1. The first kappa shape index (κ1) is 28.1. The summed E-state index contributed by atoms with van der Waals surface area (Å²) in [7, 11) is 1.32. The third-order valence-electron chi connectivity index (χ3n) is 6.16. The molecule has 1 atom stereocenters. The molecule has 0 amide bonds. The standard InChI is InChI=1S/C29H21ClI2N2O4S/c1-16-24(28(36)37-2)25(19-8-10-20(30)11-9-19)34-27(35)23(39-29(34)33-16)14-18-12-21(31)26(22(32)13-18)38-15-17-6-4-3-5-7-17/h3-14,25H,15H2,1-2H3/b23-14-/t25-/m0/s1. The molecule has 1 aliphatic heterocycles. The molecule has 39 heavy (non-hydrogen) atoms. The Kier molecular flexibility index (Phi) is 8.60. The highest BCUT2D eigenvalue weighted by Crippen LogP contribution is 2.32. The lowest BCUT2D eigenvalue weighted by Gasteiger charge is -2.24. The van der Waals surface area contributed by atoms with Gasteiger partial charge in [-0.05, 0) is 99.1 Å². The molecule has 1 aromatic heterocycles. The van der Waals surface area contributed by atoms with Crippen molar-refractivity contribution in [3.63, 3.8) is 0 Å². The van der Waals surface area contributed by atoms with Crippen LogP contribution in [0.1, 0.15) is 29.7 Å². The van der Waals surface area contributed by atoms with Gasteiger partial charge in [-0.2, -0.15) is 0 Å². The molecule has 0 bridgehead atoms. The highest BCUT2D eigenvalue weighted by molar-refractivity contribution is 14.1. The number of thiazole rings is 1. The molecule has 198 valence electrons. The summed E-state index contributed by atoms with van der Waals surface area (Å²) in [5, 5.41) is 0.562. The maximum absolute atomic E-state index is 13.8. The van der Waals surface area contributed by atoms with Crippen LogP contribution in [0.4, 0.5) is 0 Å². The monoisotopic (exact) mass is 782 g/mol. The zero-order valence-electron chi connectivity index (χ0n) is 20.8. The summed E-state index contributed by atoms with van der Waals surface area (Å²) in [5.74, 6) is 0.278. The number of rotatable bonds is 6. The van der Waals surface area contributed by atoms with Crippen LogP contribution in [-0.2, 0) is 16.1 Å². The van der Waals surface area contributed by atoms with Gasteiger partial charge in [0.25, 0.3) is 5.56 Å². The Morgan fingerprint density at radius 1 is 1.10 bits per heavy atom. The number of hydrogen-bond donors (Lipinski definition) is 0. The molecule has 10 heteroatoms. The van der Waals surface area contributed by atoms with Gasteiger partial charge in [0.2, 0.25) is 0 Å². The predicted octanol–water partition coefficient (Wildman–Crippen LogP) is 5.85. The van der Waals surface area contributed by atoms with Crippen molar-refractivity contribution < 1.29 is 14.3 Å². The molecule has 0 saturated carbocycles. The number of methoxy groups -OCH3 is 1. The van der Waals surface area contributed by atoms with Gasteiger partial charge >= 0.3 is 5.97 Å². The number of esters is 1. The fourth-order valence-corrected chi connectivity index (χ4v) is 7.64. The van der Waals surface area contributed by atoms with E-state index in [1.165, 1.54) is 18.4 Å². The SMILES string of the molecule is COC(=O)C1=C(C)N=c2s/c(=C\c3cc(I)c(OCc4ccccc4)c(I)c3)c(=O)n2[C@H]1c1ccc(Cl)cc1. The van der Waals surface area contributed by atoms with Crippen molar-refractivity contribution in [3.8, 4) is 5.75 Å². The molecule has 0 fully saturated rings. The molecule has 0 saturated heterocycles. The van der Waals surface area contributed by atoms with Crippen LogP contribution in [0, 0.1) is 7.14 Å².